The van der Waals surface area contributed by atoms with E-state index in [1.165, 1.54) is 29.6 Å². The Labute approximate surface area is 118 Å². The van der Waals surface area contributed by atoms with Crippen LogP contribution in [0.2, 0.25) is 0 Å². The highest BCUT2D eigenvalue weighted by atomic mass is 35.5. The van der Waals surface area contributed by atoms with E-state index in [9.17, 15) is 13.2 Å². The molecule has 1 aromatic rings. The number of sulfonamides is 1. The molecule has 0 bridgehead atoms. The Morgan fingerprint density at radius 1 is 1.32 bits per heavy atom. The lowest BCUT2D eigenvalue weighted by Crippen LogP contribution is -2.30. The van der Waals surface area contributed by atoms with E-state index in [1.54, 1.807) is 13.8 Å². The molecule has 0 unspecified atom stereocenters. The minimum absolute atomic E-state index is 0.0287. The van der Waals surface area contributed by atoms with Gasteiger partial charge in [0.15, 0.2) is 0 Å². The number of methoxy groups -OCH3 is 1. The number of ether oxygens (including phenoxy) is 1. The molecule has 0 radical (unpaired) electrons. The average molecular weight is 306 g/mol. The summed E-state index contributed by atoms with van der Waals surface area (Å²) >= 11 is 5.43. The van der Waals surface area contributed by atoms with E-state index < -0.39 is 15.3 Å². The zero-order valence-electron chi connectivity index (χ0n) is 11.0. The van der Waals surface area contributed by atoms with Crippen LogP contribution in [-0.2, 0) is 10.0 Å². The van der Waals surface area contributed by atoms with Gasteiger partial charge in [-0.25, -0.2) is 8.42 Å². The van der Waals surface area contributed by atoms with Crippen molar-refractivity contribution in [2.24, 2.45) is 0 Å². The highest BCUT2D eigenvalue weighted by molar-refractivity contribution is 7.89. The monoisotopic (exact) mass is 305 g/mol. The summed E-state index contributed by atoms with van der Waals surface area (Å²) in [5, 5.41) is -0.756. The Kier molecular flexibility index (Phi) is 5.34. The maximum absolute atomic E-state index is 12.3. The third-order valence-electron chi connectivity index (χ3n) is 2.73. The van der Waals surface area contributed by atoms with Gasteiger partial charge in [0.25, 0.3) is 5.24 Å². The molecule has 0 N–H and O–H groups in total. The van der Waals surface area contributed by atoms with Crippen LogP contribution >= 0.6 is 11.6 Å². The van der Waals surface area contributed by atoms with E-state index in [2.05, 4.69) is 0 Å². The van der Waals surface area contributed by atoms with Gasteiger partial charge in [0.1, 0.15) is 5.75 Å². The van der Waals surface area contributed by atoms with Crippen LogP contribution in [0.1, 0.15) is 24.2 Å². The SMILES string of the molecule is CCN(CC)S(=O)(=O)c1ccc(OC)c(C(=O)Cl)c1. The molecule has 0 atom stereocenters. The topological polar surface area (TPSA) is 63.7 Å². The highest BCUT2D eigenvalue weighted by Crippen LogP contribution is 2.25. The fourth-order valence-corrected chi connectivity index (χ4v) is 3.35. The maximum atomic E-state index is 12.3. The molecule has 0 fully saturated rings. The number of halogens is 1. The molecule has 0 aromatic heterocycles. The summed E-state index contributed by atoms with van der Waals surface area (Å²) < 4.78 is 30.9. The second kappa shape index (κ2) is 6.36. The number of nitrogens with zero attached hydrogens (tertiary/aromatic N) is 1. The Bertz CT molecular complexity index is 567. The van der Waals surface area contributed by atoms with Crippen molar-refractivity contribution in [3.8, 4) is 5.75 Å². The number of carbonyl (C=O) groups is 1. The van der Waals surface area contributed by atoms with Gasteiger partial charge in [-0.1, -0.05) is 13.8 Å². The van der Waals surface area contributed by atoms with Crippen LogP contribution in [0.4, 0.5) is 0 Å². The van der Waals surface area contributed by atoms with Crippen molar-refractivity contribution in [1.29, 1.82) is 0 Å². The van der Waals surface area contributed by atoms with Crippen molar-refractivity contribution in [2.75, 3.05) is 20.2 Å². The molecule has 0 saturated heterocycles. The molecular formula is C12H16ClNO4S. The van der Waals surface area contributed by atoms with E-state index in [1.807, 2.05) is 0 Å². The van der Waals surface area contributed by atoms with Gasteiger partial charge in [-0.05, 0) is 29.8 Å². The third-order valence-corrected chi connectivity index (χ3v) is 4.98. The summed E-state index contributed by atoms with van der Waals surface area (Å²) in [6.07, 6.45) is 0. The van der Waals surface area contributed by atoms with Gasteiger partial charge >= 0.3 is 0 Å². The smallest absolute Gasteiger partial charge is 0.256 e. The number of hydrogen-bond acceptors (Lipinski definition) is 4. The number of hydrogen-bond donors (Lipinski definition) is 0. The van der Waals surface area contributed by atoms with Crippen molar-refractivity contribution >= 4 is 26.9 Å². The number of rotatable bonds is 6. The van der Waals surface area contributed by atoms with Crippen LogP contribution in [0.25, 0.3) is 0 Å². The molecule has 0 amide bonds. The summed E-state index contributed by atoms with van der Waals surface area (Å²) in [7, 11) is -2.23. The first-order valence-corrected chi connectivity index (χ1v) is 7.58. The zero-order chi connectivity index (χ0) is 14.6. The minimum atomic E-state index is -3.62. The molecule has 5 nitrogen and oxygen atoms in total. The molecule has 0 heterocycles. The normalized spacial score (nSPS) is 11.6. The Morgan fingerprint density at radius 2 is 1.89 bits per heavy atom. The first kappa shape index (κ1) is 15.9. The standard InChI is InChI=1S/C12H16ClNO4S/c1-4-14(5-2)19(16,17)9-6-7-11(18-3)10(8-9)12(13)15/h6-8H,4-5H2,1-3H3. The van der Waals surface area contributed by atoms with Crippen LogP contribution in [-0.4, -0.2) is 38.2 Å². The van der Waals surface area contributed by atoms with E-state index in [0.717, 1.165) is 0 Å². The van der Waals surface area contributed by atoms with Gasteiger partial charge in [-0.2, -0.15) is 4.31 Å². The van der Waals surface area contributed by atoms with E-state index in [-0.39, 0.29) is 16.2 Å². The molecule has 1 aromatic carbocycles. The van der Waals surface area contributed by atoms with Crippen LogP contribution in [0.15, 0.2) is 23.1 Å². The predicted molar refractivity (Wildman–Crippen MR) is 73.3 cm³/mol. The van der Waals surface area contributed by atoms with Gasteiger partial charge in [0.05, 0.1) is 17.6 Å². The average Bonchev–Trinajstić information content (AvgIpc) is 2.38. The summed E-state index contributed by atoms with van der Waals surface area (Å²) in [5.74, 6) is 0.249. The lowest BCUT2D eigenvalue weighted by atomic mass is 10.2. The molecule has 19 heavy (non-hydrogen) atoms. The molecule has 0 aliphatic heterocycles. The Morgan fingerprint density at radius 3 is 2.32 bits per heavy atom. The molecule has 1 rings (SSSR count). The lowest BCUT2D eigenvalue weighted by molar-refractivity contribution is 0.107. The van der Waals surface area contributed by atoms with Crippen LogP contribution in [0.3, 0.4) is 0 Å². The summed E-state index contributed by atoms with van der Waals surface area (Å²) in [6, 6.07) is 4.06. The van der Waals surface area contributed by atoms with Gasteiger partial charge in [0.2, 0.25) is 10.0 Å². The van der Waals surface area contributed by atoms with Crippen molar-refractivity contribution in [2.45, 2.75) is 18.7 Å². The molecular weight excluding hydrogens is 290 g/mol. The molecule has 106 valence electrons. The van der Waals surface area contributed by atoms with E-state index in [0.29, 0.717) is 13.1 Å². The van der Waals surface area contributed by atoms with Crippen LogP contribution in [0, 0.1) is 0 Å². The highest BCUT2D eigenvalue weighted by Gasteiger charge is 2.23. The first-order chi connectivity index (χ1) is 8.88. The molecule has 0 aliphatic rings. The van der Waals surface area contributed by atoms with Crippen molar-refractivity contribution in [1.82, 2.24) is 4.31 Å². The second-order valence-electron chi connectivity index (χ2n) is 3.73. The van der Waals surface area contributed by atoms with Gasteiger partial charge < -0.3 is 4.74 Å². The van der Waals surface area contributed by atoms with Crippen molar-refractivity contribution < 1.29 is 17.9 Å². The quantitative estimate of drug-likeness (QED) is 0.755. The Hall–Kier alpha value is -1.11. The third kappa shape index (κ3) is 3.26. The lowest BCUT2D eigenvalue weighted by Gasteiger charge is -2.19. The van der Waals surface area contributed by atoms with Crippen molar-refractivity contribution in [3.05, 3.63) is 23.8 Å². The minimum Gasteiger partial charge on any atom is -0.496 e. The van der Waals surface area contributed by atoms with Gasteiger partial charge in [-0.15, -0.1) is 0 Å². The Balaban J connectivity index is 3.37. The number of benzene rings is 1. The summed E-state index contributed by atoms with van der Waals surface area (Å²) in [5.41, 5.74) is 0.0393. The fraction of sp³-hybridized carbons (Fsp3) is 0.417. The van der Waals surface area contributed by atoms with Crippen molar-refractivity contribution in [3.63, 3.8) is 0 Å². The van der Waals surface area contributed by atoms with Gasteiger partial charge in [-0.3, -0.25) is 4.79 Å². The molecule has 7 heteroatoms. The van der Waals surface area contributed by atoms with Crippen LogP contribution in [0.5, 0.6) is 5.75 Å². The molecule has 0 saturated carbocycles. The summed E-state index contributed by atoms with van der Waals surface area (Å²) in [4.78, 5) is 11.3. The number of carbonyl (C=O) groups excluding carboxylic acids is 1. The fourth-order valence-electron chi connectivity index (χ4n) is 1.71. The first-order valence-electron chi connectivity index (χ1n) is 5.76. The molecule has 0 aliphatic carbocycles. The van der Waals surface area contributed by atoms with E-state index in [4.69, 9.17) is 16.3 Å². The second-order valence-corrected chi connectivity index (χ2v) is 6.01. The van der Waals surface area contributed by atoms with Gasteiger partial charge in [0, 0.05) is 13.1 Å². The zero-order valence-corrected chi connectivity index (χ0v) is 12.6. The summed E-state index contributed by atoms with van der Waals surface area (Å²) in [6.45, 7) is 4.21. The van der Waals surface area contributed by atoms with E-state index >= 15 is 0 Å². The molecule has 0 spiro atoms. The largest absolute Gasteiger partial charge is 0.496 e. The maximum Gasteiger partial charge on any atom is 0.256 e. The predicted octanol–water partition coefficient (Wildman–Crippen LogP) is 2.10. The van der Waals surface area contributed by atoms with Crippen LogP contribution < -0.4 is 4.74 Å².